The number of benzene rings is 1. The highest BCUT2D eigenvalue weighted by atomic mass is 19.4. The van der Waals surface area contributed by atoms with Gasteiger partial charge in [-0.1, -0.05) is 12.1 Å². The van der Waals surface area contributed by atoms with Gasteiger partial charge in [0.15, 0.2) is 0 Å². The second-order valence-electron chi connectivity index (χ2n) is 5.29. The van der Waals surface area contributed by atoms with E-state index >= 15 is 0 Å². The fourth-order valence-electron chi connectivity index (χ4n) is 1.96. The molecule has 2 N–H and O–H groups in total. The summed E-state index contributed by atoms with van der Waals surface area (Å²) in [6.45, 7) is 3.66. The van der Waals surface area contributed by atoms with Gasteiger partial charge in [-0.05, 0) is 31.5 Å². The Hall–Kier alpha value is -2.71. The van der Waals surface area contributed by atoms with E-state index < -0.39 is 17.6 Å². The maximum absolute atomic E-state index is 12.9. The van der Waals surface area contributed by atoms with Gasteiger partial charge < -0.3 is 14.6 Å². The monoisotopic (exact) mass is 357 g/mol. The van der Waals surface area contributed by atoms with Crippen molar-refractivity contribution in [2.24, 2.45) is 0 Å². The van der Waals surface area contributed by atoms with Crippen LogP contribution in [0.25, 0.3) is 0 Å². The summed E-state index contributed by atoms with van der Waals surface area (Å²) in [5, 5.41) is 8.73. The molecular formula is C16H18F3N3O3. The summed E-state index contributed by atoms with van der Waals surface area (Å²) in [4.78, 5) is 11.9. The average molecular weight is 357 g/mol. The molecule has 2 rings (SSSR count). The second-order valence-corrected chi connectivity index (χ2v) is 5.29. The number of rotatable bonds is 7. The highest BCUT2D eigenvalue weighted by Gasteiger charge is 2.31. The van der Waals surface area contributed by atoms with Crippen molar-refractivity contribution in [1.29, 1.82) is 0 Å². The molecule has 1 aromatic carbocycles. The smallest absolute Gasteiger partial charge is 0.416 e. The number of alkyl halides is 3. The lowest BCUT2D eigenvalue weighted by atomic mass is 10.1. The quantitative estimate of drug-likeness (QED) is 0.787. The molecule has 136 valence electrons. The second kappa shape index (κ2) is 7.91. The number of anilines is 2. The lowest BCUT2D eigenvalue weighted by Crippen LogP contribution is -2.22. The van der Waals surface area contributed by atoms with Gasteiger partial charge in [0, 0.05) is 6.07 Å². The molecule has 0 spiro atoms. The molecule has 1 amide bonds. The Kier molecular flexibility index (Phi) is 5.89. The van der Waals surface area contributed by atoms with Crippen molar-refractivity contribution >= 4 is 17.5 Å². The van der Waals surface area contributed by atoms with Crippen molar-refractivity contribution in [3.63, 3.8) is 0 Å². The van der Waals surface area contributed by atoms with E-state index in [1.54, 1.807) is 6.92 Å². The molecule has 0 unspecified atom stereocenters. The molecule has 0 saturated carbocycles. The van der Waals surface area contributed by atoms with E-state index in [4.69, 9.17) is 9.26 Å². The lowest BCUT2D eigenvalue weighted by molar-refractivity contribution is -0.137. The standard InChI is InChI=1S/C16H18F3N3O3/c1-3-6-24-13-5-4-11(16(17,18)19)8-12(13)20-9-14(23)21-15-7-10(2)22-25-15/h4-5,7-8,20H,3,6,9H2,1-2H3,(H,21,23). The molecule has 0 radical (unpaired) electrons. The van der Waals surface area contributed by atoms with Gasteiger partial charge in [0.05, 0.1) is 30.1 Å². The number of carbonyl (C=O) groups excluding carboxylic acids is 1. The zero-order chi connectivity index (χ0) is 18.4. The Morgan fingerprint density at radius 1 is 1.32 bits per heavy atom. The number of aryl methyl sites for hydroxylation is 1. The molecule has 2 aromatic rings. The predicted molar refractivity (Wildman–Crippen MR) is 85.6 cm³/mol. The van der Waals surface area contributed by atoms with Gasteiger partial charge in [-0.25, -0.2) is 0 Å². The SMILES string of the molecule is CCCOc1ccc(C(F)(F)F)cc1NCC(=O)Nc1cc(C)no1. The lowest BCUT2D eigenvalue weighted by Gasteiger charge is -2.15. The molecule has 0 fully saturated rings. The summed E-state index contributed by atoms with van der Waals surface area (Å²) in [7, 11) is 0. The molecule has 0 bridgehead atoms. The maximum Gasteiger partial charge on any atom is 0.416 e. The minimum Gasteiger partial charge on any atom is -0.491 e. The normalized spacial score (nSPS) is 11.2. The number of amides is 1. The third-order valence-corrected chi connectivity index (χ3v) is 3.10. The number of nitrogens with one attached hydrogen (secondary N) is 2. The average Bonchev–Trinajstić information content (AvgIpc) is 2.95. The van der Waals surface area contributed by atoms with Gasteiger partial charge in [-0.2, -0.15) is 13.2 Å². The third-order valence-electron chi connectivity index (χ3n) is 3.10. The van der Waals surface area contributed by atoms with Crippen molar-refractivity contribution in [3.05, 3.63) is 35.5 Å². The van der Waals surface area contributed by atoms with Crippen molar-refractivity contribution < 1.29 is 27.2 Å². The molecular weight excluding hydrogens is 339 g/mol. The number of hydrogen-bond donors (Lipinski definition) is 2. The fourth-order valence-corrected chi connectivity index (χ4v) is 1.96. The maximum atomic E-state index is 12.9. The van der Waals surface area contributed by atoms with Crippen LogP contribution in [0.15, 0.2) is 28.8 Å². The van der Waals surface area contributed by atoms with Crippen LogP contribution in [-0.4, -0.2) is 24.2 Å². The number of halogens is 3. The van der Waals surface area contributed by atoms with E-state index in [1.807, 2.05) is 6.92 Å². The van der Waals surface area contributed by atoms with Crippen molar-refractivity contribution in [2.45, 2.75) is 26.4 Å². The third kappa shape index (κ3) is 5.40. The molecule has 0 aliphatic rings. The first-order valence-electron chi connectivity index (χ1n) is 7.60. The first-order valence-corrected chi connectivity index (χ1v) is 7.60. The van der Waals surface area contributed by atoms with Gasteiger partial charge in [-0.15, -0.1) is 0 Å². The summed E-state index contributed by atoms with van der Waals surface area (Å²) < 4.78 is 48.9. The Morgan fingerprint density at radius 2 is 2.08 bits per heavy atom. The topological polar surface area (TPSA) is 76.4 Å². The van der Waals surface area contributed by atoms with Crippen LogP contribution in [0.5, 0.6) is 5.75 Å². The van der Waals surface area contributed by atoms with Crippen molar-refractivity contribution in [2.75, 3.05) is 23.8 Å². The van der Waals surface area contributed by atoms with Crippen molar-refractivity contribution in [1.82, 2.24) is 5.16 Å². The Labute approximate surface area is 142 Å². The number of aromatic nitrogens is 1. The fraction of sp³-hybridized carbons (Fsp3) is 0.375. The predicted octanol–water partition coefficient (Wildman–Crippen LogP) is 3.84. The minimum absolute atomic E-state index is 0.0900. The van der Waals surface area contributed by atoms with E-state index in [0.717, 1.165) is 12.1 Å². The summed E-state index contributed by atoms with van der Waals surface area (Å²) >= 11 is 0. The van der Waals surface area contributed by atoms with Crippen LogP contribution in [0.1, 0.15) is 24.6 Å². The van der Waals surface area contributed by atoms with Crippen LogP contribution >= 0.6 is 0 Å². The molecule has 1 heterocycles. The molecule has 6 nitrogen and oxygen atoms in total. The van der Waals surface area contributed by atoms with E-state index in [2.05, 4.69) is 15.8 Å². The van der Waals surface area contributed by atoms with Gasteiger partial charge >= 0.3 is 6.18 Å². The van der Waals surface area contributed by atoms with Crippen molar-refractivity contribution in [3.8, 4) is 5.75 Å². The summed E-state index contributed by atoms with van der Waals surface area (Å²) in [6.07, 6.45) is -3.79. The summed E-state index contributed by atoms with van der Waals surface area (Å²) in [5.41, 5.74) is -0.145. The van der Waals surface area contributed by atoms with Crippen LogP contribution in [0.2, 0.25) is 0 Å². The Balaban J connectivity index is 2.08. The number of nitrogens with zero attached hydrogens (tertiary/aromatic N) is 1. The van der Waals surface area contributed by atoms with Gasteiger partial charge in [0.25, 0.3) is 0 Å². The van der Waals surface area contributed by atoms with E-state index in [1.165, 1.54) is 12.1 Å². The number of hydrogen-bond acceptors (Lipinski definition) is 5. The van der Waals surface area contributed by atoms with E-state index in [-0.39, 0.29) is 23.9 Å². The molecule has 1 aromatic heterocycles. The number of ether oxygens (including phenoxy) is 1. The van der Waals surface area contributed by atoms with Gasteiger partial charge in [-0.3, -0.25) is 10.1 Å². The van der Waals surface area contributed by atoms with Crippen LogP contribution in [0.4, 0.5) is 24.7 Å². The van der Waals surface area contributed by atoms with E-state index in [0.29, 0.717) is 18.7 Å². The molecule has 0 saturated heterocycles. The first-order chi connectivity index (χ1) is 11.8. The van der Waals surface area contributed by atoms with Gasteiger partial charge in [0.1, 0.15) is 5.75 Å². The van der Waals surface area contributed by atoms with E-state index in [9.17, 15) is 18.0 Å². The zero-order valence-corrected chi connectivity index (χ0v) is 13.7. The van der Waals surface area contributed by atoms with Crippen LogP contribution in [0, 0.1) is 6.92 Å². The summed E-state index contributed by atoms with van der Waals surface area (Å²) in [6, 6.07) is 4.61. The van der Waals surface area contributed by atoms with Crippen LogP contribution in [-0.2, 0) is 11.0 Å². The Bertz CT molecular complexity index is 729. The molecule has 0 aliphatic carbocycles. The largest absolute Gasteiger partial charge is 0.491 e. The molecule has 0 atom stereocenters. The van der Waals surface area contributed by atoms with Gasteiger partial charge in [0.2, 0.25) is 11.8 Å². The molecule has 0 aliphatic heterocycles. The van der Waals surface area contributed by atoms with Crippen LogP contribution < -0.4 is 15.4 Å². The highest BCUT2D eigenvalue weighted by Crippen LogP contribution is 2.35. The Morgan fingerprint density at radius 3 is 2.68 bits per heavy atom. The van der Waals surface area contributed by atoms with Crippen LogP contribution in [0.3, 0.4) is 0 Å². The number of carbonyl (C=O) groups is 1. The highest BCUT2D eigenvalue weighted by molar-refractivity contribution is 5.92. The first kappa shape index (κ1) is 18.6. The minimum atomic E-state index is -4.49. The molecule has 25 heavy (non-hydrogen) atoms. The zero-order valence-electron chi connectivity index (χ0n) is 13.7. The molecule has 9 heteroatoms. The summed E-state index contributed by atoms with van der Waals surface area (Å²) in [5.74, 6) is -0.0797.